The van der Waals surface area contributed by atoms with Crippen LogP contribution in [0.15, 0.2) is 0 Å². The number of carboxylic acid groups (broad SMARTS) is 1. The van der Waals surface area contributed by atoms with Crippen molar-refractivity contribution in [3.05, 3.63) is 0 Å². The molecule has 120 valence electrons. The van der Waals surface area contributed by atoms with Crippen molar-refractivity contribution in [3.63, 3.8) is 0 Å². The van der Waals surface area contributed by atoms with Crippen LogP contribution in [0.4, 0.5) is 4.79 Å². The molecule has 1 aliphatic carbocycles. The van der Waals surface area contributed by atoms with Crippen molar-refractivity contribution in [1.82, 2.24) is 15.5 Å². The maximum Gasteiger partial charge on any atom is 0.317 e. The fraction of sp³-hybridized carbons (Fsp3) is 0.786. The number of nitrogens with one attached hydrogen (secondary N) is 2. The molecule has 0 saturated heterocycles. The first-order valence-electron chi connectivity index (χ1n) is 7.33. The summed E-state index contributed by atoms with van der Waals surface area (Å²) in [6.45, 7) is 4.14. The first-order valence-corrected chi connectivity index (χ1v) is 7.33. The highest BCUT2D eigenvalue weighted by atomic mass is 16.4. The van der Waals surface area contributed by atoms with Crippen LogP contribution >= 0.6 is 0 Å². The molecule has 2 unspecified atom stereocenters. The Morgan fingerprint density at radius 1 is 1.38 bits per heavy atom. The zero-order valence-corrected chi connectivity index (χ0v) is 12.9. The summed E-state index contributed by atoms with van der Waals surface area (Å²) in [5, 5.41) is 14.7. The molecule has 21 heavy (non-hydrogen) atoms. The minimum absolute atomic E-state index is 0.0393. The van der Waals surface area contributed by atoms with E-state index in [1.165, 1.54) is 11.9 Å². The van der Waals surface area contributed by atoms with Gasteiger partial charge in [0.1, 0.15) is 6.54 Å². The summed E-state index contributed by atoms with van der Waals surface area (Å²) in [4.78, 5) is 36.2. The van der Waals surface area contributed by atoms with Crippen molar-refractivity contribution in [2.75, 3.05) is 20.1 Å². The van der Waals surface area contributed by atoms with Crippen molar-refractivity contribution < 1.29 is 19.5 Å². The maximum atomic E-state index is 12.1. The first-order chi connectivity index (χ1) is 9.81. The van der Waals surface area contributed by atoms with Crippen LogP contribution in [0.5, 0.6) is 0 Å². The lowest BCUT2D eigenvalue weighted by Gasteiger charge is -2.29. The fourth-order valence-corrected chi connectivity index (χ4v) is 2.52. The quantitative estimate of drug-likeness (QED) is 0.675. The lowest BCUT2D eigenvalue weighted by molar-refractivity contribution is -0.148. The summed E-state index contributed by atoms with van der Waals surface area (Å²) >= 11 is 0. The first kappa shape index (κ1) is 17.3. The largest absolute Gasteiger partial charge is 0.481 e. The van der Waals surface area contributed by atoms with Gasteiger partial charge < -0.3 is 20.6 Å². The Labute approximate surface area is 125 Å². The van der Waals surface area contributed by atoms with Gasteiger partial charge >= 0.3 is 12.0 Å². The molecule has 0 aromatic heterocycles. The molecule has 0 aliphatic heterocycles. The van der Waals surface area contributed by atoms with Crippen molar-refractivity contribution in [2.24, 2.45) is 5.41 Å². The van der Waals surface area contributed by atoms with Gasteiger partial charge in [0, 0.05) is 19.6 Å². The van der Waals surface area contributed by atoms with Gasteiger partial charge in [0.2, 0.25) is 5.91 Å². The van der Waals surface area contributed by atoms with Crippen LogP contribution in [0.1, 0.15) is 39.5 Å². The van der Waals surface area contributed by atoms with Gasteiger partial charge in [0.25, 0.3) is 0 Å². The number of hydrogen-bond donors (Lipinski definition) is 3. The SMILES string of the molecule is CCCNC(=O)CN(C)C(=O)NC1CCCC1(C)C(=O)O. The molecule has 2 atom stereocenters. The molecular formula is C14H25N3O4. The van der Waals surface area contributed by atoms with Crippen LogP contribution in [0.3, 0.4) is 0 Å². The zero-order valence-electron chi connectivity index (χ0n) is 12.9. The summed E-state index contributed by atoms with van der Waals surface area (Å²) in [7, 11) is 1.52. The lowest BCUT2D eigenvalue weighted by atomic mass is 9.85. The van der Waals surface area contributed by atoms with Crippen LogP contribution in [0.25, 0.3) is 0 Å². The number of carboxylic acids is 1. The number of urea groups is 1. The molecule has 0 radical (unpaired) electrons. The summed E-state index contributed by atoms with van der Waals surface area (Å²) in [6.07, 6.45) is 2.80. The van der Waals surface area contributed by atoms with Gasteiger partial charge in [-0.1, -0.05) is 13.3 Å². The van der Waals surface area contributed by atoms with Gasteiger partial charge in [0.05, 0.1) is 5.41 Å². The summed E-state index contributed by atoms with van der Waals surface area (Å²) in [5.41, 5.74) is -0.930. The average molecular weight is 299 g/mol. The van der Waals surface area contributed by atoms with Gasteiger partial charge in [0.15, 0.2) is 0 Å². The van der Waals surface area contributed by atoms with E-state index in [-0.39, 0.29) is 12.5 Å². The van der Waals surface area contributed by atoms with Gasteiger partial charge in [-0.3, -0.25) is 9.59 Å². The molecule has 0 heterocycles. The number of likely N-dealkylation sites (N-methyl/N-ethyl adjacent to an activating group) is 1. The Balaban J connectivity index is 2.52. The molecule has 1 rings (SSSR count). The van der Waals surface area contributed by atoms with Crippen LogP contribution in [0, 0.1) is 5.41 Å². The van der Waals surface area contributed by atoms with Gasteiger partial charge in [-0.15, -0.1) is 0 Å². The average Bonchev–Trinajstić information content (AvgIpc) is 2.79. The van der Waals surface area contributed by atoms with Crippen molar-refractivity contribution in [1.29, 1.82) is 0 Å². The molecule has 0 bridgehead atoms. The molecule has 0 aromatic rings. The predicted octanol–water partition coefficient (Wildman–Crippen LogP) is 0.797. The van der Waals surface area contributed by atoms with E-state index >= 15 is 0 Å². The summed E-state index contributed by atoms with van der Waals surface area (Å²) in [6, 6.07) is -0.815. The zero-order chi connectivity index (χ0) is 16.0. The third-order valence-corrected chi connectivity index (χ3v) is 4.04. The molecule has 0 spiro atoms. The van der Waals surface area contributed by atoms with Gasteiger partial charge in [-0.25, -0.2) is 4.79 Å². The minimum Gasteiger partial charge on any atom is -0.481 e. The number of carbonyl (C=O) groups excluding carboxylic acids is 2. The number of nitrogens with zero attached hydrogens (tertiary/aromatic N) is 1. The number of amides is 3. The van der Waals surface area contributed by atoms with Crippen LogP contribution in [-0.4, -0.2) is 54.1 Å². The third kappa shape index (κ3) is 4.34. The Morgan fingerprint density at radius 3 is 2.62 bits per heavy atom. The smallest absolute Gasteiger partial charge is 0.317 e. The van der Waals surface area contributed by atoms with E-state index in [9.17, 15) is 19.5 Å². The highest BCUT2D eigenvalue weighted by Gasteiger charge is 2.46. The molecular weight excluding hydrogens is 274 g/mol. The number of rotatable bonds is 6. The molecule has 7 nitrogen and oxygen atoms in total. The number of hydrogen-bond acceptors (Lipinski definition) is 3. The molecule has 1 saturated carbocycles. The van der Waals surface area contributed by atoms with Crippen LogP contribution < -0.4 is 10.6 Å². The van der Waals surface area contributed by atoms with E-state index in [1.54, 1.807) is 6.92 Å². The molecule has 1 fully saturated rings. The Hall–Kier alpha value is -1.79. The van der Waals surface area contributed by atoms with E-state index in [0.717, 1.165) is 12.8 Å². The number of aliphatic carboxylic acids is 1. The fourth-order valence-electron chi connectivity index (χ4n) is 2.52. The normalized spacial score (nSPS) is 24.4. The second-order valence-corrected chi connectivity index (χ2v) is 5.82. The van der Waals surface area contributed by atoms with Gasteiger partial charge in [-0.2, -0.15) is 0 Å². The third-order valence-electron chi connectivity index (χ3n) is 4.04. The van der Waals surface area contributed by atoms with E-state index < -0.39 is 23.5 Å². The Morgan fingerprint density at radius 2 is 2.05 bits per heavy atom. The van der Waals surface area contributed by atoms with E-state index in [0.29, 0.717) is 19.4 Å². The van der Waals surface area contributed by atoms with Crippen molar-refractivity contribution in [2.45, 2.75) is 45.6 Å². The summed E-state index contributed by atoms with van der Waals surface area (Å²) < 4.78 is 0. The Kier molecular flexibility index (Phi) is 5.99. The standard InChI is InChI=1S/C14H25N3O4/c1-4-8-15-11(18)9-17(3)13(21)16-10-6-5-7-14(10,2)12(19)20/h10H,4-9H2,1-3H3,(H,15,18)(H,16,21)(H,19,20). The molecule has 3 N–H and O–H groups in total. The topological polar surface area (TPSA) is 98.7 Å². The Bertz CT molecular complexity index is 413. The monoisotopic (exact) mass is 299 g/mol. The highest BCUT2D eigenvalue weighted by molar-refractivity contribution is 5.84. The highest BCUT2D eigenvalue weighted by Crippen LogP contribution is 2.38. The second-order valence-electron chi connectivity index (χ2n) is 5.82. The number of carbonyl (C=O) groups is 3. The maximum absolute atomic E-state index is 12.1. The summed E-state index contributed by atoms with van der Waals surface area (Å²) in [5.74, 6) is -1.12. The second kappa shape index (κ2) is 7.28. The van der Waals surface area contributed by atoms with E-state index in [4.69, 9.17) is 0 Å². The minimum atomic E-state index is -0.930. The molecule has 7 heteroatoms. The van der Waals surface area contributed by atoms with E-state index in [2.05, 4.69) is 10.6 Å². The lowest BCUT2D eigenvalue weighted by Crippen LogP contribution is -2.52. The molecule has 3 amide bonds. The van der Waals surface area contributed by atoms with Crippen LogP contribution in [0.2, 0.25) is 0 Å². The van der Waals surface area contributed by atoms with Crippen molar-refractivity contribution >= 4 is 17.9 Å². The van der Waals surface area contributed by atoms with Gasteiger partial charge in [-0.05, 0) is 26.2 Å². The predicted molar refractivity (Wildman–Crippen MR) is 77.8 cm³/mol. The van der Waals surface area contributed by atoms with E-state index in [1.807, 2.05) is 6.92 Å². The van der Waals surface area contributed by atoms with Crippen LogP contribution in [-0.2, 0) is 9.59 Å². The molecule has 1 aliphatic rings. The molecule has 0 aromatic carbocycles. The van der Waals surface area contributed by atoms with Crippen molar-refractivity contribution in [3.8, 4) is 0 Å².